The molecule has 0 radical (unpaired) electrons. The summed E-state index contributed by atoms with van der Waals surface area (Å²) in [4.78, 5) is 28.9. The van der Waals surface area contributed by atoms with Crippen LogP contribution in [-0.4, -0.2) is 36.1 Å². The molecule has 2 aliphatic heterocycles. The lowest BCUT2D eigenvalue weighted by molar-refractivity contribution is -0.123. The van der Waals surface area contributed by atoms with E-state index >= 15 is 0 Å². The van der Waals surface area contributed by atoms with Crippen LogP contribution in [0.5, 0.6) is 5.75 Å². The molecule has 1 fully saturated rings. The fraction of sp³-hybridized carbons (Fsp3) is 0.217. The second kappa shape index (κ2) is 7.67. The van der Waals surface area contributed by atoms with Gasteiger partial charge in [-0.25, -0.2) is 8.78 Å². The number of hydrogen-bond acceptors (Lipinski definition) is 5. The molecule has 0 unspecified atom stereocenters. The van der Waals surface area contributed by atoms with Crippen molar-refractivity contribution in [2.45, 2.75) is 11.4 Å². The van der Waals surface area contributed by atoms with E-state index < -0.39 is 22.4 Å². The molecule has 2 aromatic carbocycles. The highest BCUT2D eigenvalue weighted by atomic mass is 32.2. The van der Waals surface area contributed by atoms with Crippen LogP contribution >= 0.6 is 11.8 Å². The maximum atomic E-state index is 13.9. The Hall–Kier alpha value is -3.33. The molecule has 1 saturated heterocycles. The van der Waals surface area contributed by atoms with Gasteiger partial charge < -0.3 is 19.0 Å². The third-order valence-electron chi connectivity index (χ3n) is 5.70. The highest BCUT2D eigenvalue weighted by Crippen LogP contribution is 2.55. The Kier molecular flexibility index (Phi) is 4.93. The highest BCUT2D eigenvalue weighted by molar-refractivity contribution is 8.01. The van der Waals surface area contributed by atoms with Crippen LogP contribution in [0.15, 0.2) is 59.2 Å². The second-order valence-electron chi connectivity index (χ2n) is 7.45. The fourth-order valence-electron chi connectivity index (χ4n) is 4.23. The predicted molar refractivity (Wildman–Crippen MR) is 114 cm³/mol. The van der Waals surface area contributed by atoms with Gasteiger partial charge in [-0.15, -0.1) is 11.8 Å². The predicted octanol–water partition coefficient (Wildman–Crippen LogP) is 4.16. The van der Waals surface area contributed by atoms with Crippen LogP contribution in [-0.2, 0) is 16.2 Å². The van der Waals surface area contributed by atoms with Gasteiger partial charge in [0.2, 0.25) is 0 Å². The number of hydrogen-bond donors (Lipinski definition) is 0. The van der Waals surface area contributed by atoms with Crippen LogP contribution in [0.1, 0.15) is 21.7 Å². The van der Waals surface area contributed by atoms with Crippen molar-refractivity contribution in [3.63, 3.8) is 0 Å². The zero-order valence-electron chi connectivity index (χ0n) is 17.0. The summed E-state index contributed by atoms with van der Waals surface area (Å²) in [7, 11) is 1.53. The number of methoxy groups -OCH3 is 1. The first-order chi connectivity index (χ1) is 15.5. The third-order valence-corrected chi connectivity index (χ3v) is 7.12. The van der Waals surface area contributed by atoms with Crippen molar-refractivity contribution < 1.29 is 27.5 Å². The van der Waals surface area contributed by atoms with Gasteiger partial charge >= 0.3 is 0 Å². The van der Waals surface area contributed by atoms with Crippen LogP contribution < -0.4 is 9.64 Å². The molecule has 0 bridgehead atoms. The maximum Gasteiger partial charge on any atom is 0.291 e. The molecule has 3 aromatic rings. The molecule has 5 rings (SSSR count). The van der Waals surface area contributed by atoms with Gasteiger partial charge in [0.1, 0.15) is 5.75 Å². The summed E-state index contributed by atoms with van der Waals surface area (Å²) >= 11 is 1.36. The molecular weight excluding hydrogens is 438 g/mol. The van der Waals surface area contributed by atoms with Gasteiger partial charge in [0, 0.05) is 17.9 Å². The molecular formula is C23H18F2N2O4S. The molecule has 9 heteroatoms. The normalized spacial score (nSPS) is 19.7. The molecule has 1 aromatic heterocycles. The number of rotatable bonds is 4. The van der Waals surface area contributed by atoms with Crippen LogP contribution in [0.2, 0.25) is 0 Å². The van der Waals surface area contributed by atoms with Crippen molar-refractivity contribution >= 4 is 29.3 Å². The summed E-state index contributed by atoms with van der Waals surface area (Å²) in [5.41, 5.74) is 1.64. The average Bonchev–Trinajstić information content (AvgIpc) is 3.53. The molecule has 2 amide bonds. The Morgan fingerprint density at radius 3 is 2.75 bits per heavy atom. The molecule has 32 heavy (non-hydrogen) atoms. The minimum atomic E-state index is -1.30. The van der Waals surface area contributed by atoms with Gasteiger partial charge in [0.15, 0.2) is 22.3 Å². The van der Waals surface area contributed by atoms with Crippen LogP contribution in [0.25, 0.3) is 0 Å². The highest BCUT2D eigenvalue weighted by Gasteiger charge is 2.60. The van der Waals surface area contributed by atoms with Crippen molar-refractivity contribution in [1.82, 2.24) is 4.90 Å². The number of ether oxygens (including phenoxy) is 1. The molecule has 3 heterocycles. The molecule has 0 aliphatic carbocycles. The summed E-state index contributed by atoms with van der Waals surface area (Å²) in [6, 6.07) is 11.9. The SMILES string of the molecule is COc1ccc2c(c1)[C@]1(SCCN1C(=O)c1ccco1)C(=O)N2Cc1ccc(F)c(F)c1. The molecule has 0 N–H and O–H groups in total. The van der Waals surface area contributed by atoms with E-state index in [0.29, 0.717) is 34.9 Å². The van der Waals surface area contributed by atoms with Crippen molar-refractivity contribution in [2.75, 3.05) is 24.3 Å². The number of thioether (sulfide) groups is 1. The van der Waals surface area contributed by atoms with Crippen LogP contribution in [0.4, 0.5) is 14.5 Å². The van der Waals surface area contributed by atoms with E-state index in [-0.39, 0.29) is 18.2 Å². The Morgan fingerprint density at radius 1 is 1.19 bits per heavy atom. The zero-order chi connectivity index (χ0) is 22.5. The topological polar surface area (TPSA) is 63.0 Å². The maximum absolute atomic E-state index is 13.9. The lowest BCUT2D eigenvalue weighted by Gasteiger charge is -2.32. The smallest absolute Gasteiger partial charge is 0.291 e. The Morgan fingerprint density at radius 2 is 2.03 bits per heavy atom. The van der Waals surface area contributed by atoms with E-state index in [1.165, 1.54) is 41.0 Å². The number of benzene rings is 2. The first-order valence-corrected chi connectivity index (χ1v) is 10.9. The van der Waals surface area contributed by atoms with E-state index in [0.717, 1.165) is 12.1 Å². The first kappa shape index (κ1) is 20.6. The first-order valence-electron chi connectivity index (χ1n) is 9.89. The van der Waals surface area contributed by atoms with Crippen molar-refractivity contribution in [3.05, 3.63) is 83.3 Å². The second-order valence-corrected chi connectivity index (χ2v) is 8.74. The largest absolute Gasteiger partial charge is 0.497 e. The third kappa shape index (κ3) is 2.99. The molecule has 1 atom stereocenters. The average molecular weight is 456 g/mol. The van der Waals surface area contributed by atoms with Gasteiger partial charge in [-0.2, -0.15) is 0 Å². The zero-order valence-corrected chi connectivity index (χ0v) is 17.8. The fourth-order valence-corrected chi connectivity index (χ4v) is 5.68. The standard InChI is InChI=1S/C23H18F2N2O4S/c1-30-15-5-7-19-16(12-15)23(27(8-10-32-23)21(28)20-3-2-9-31-20)22(29)26(19)13-14-4-6-17(24)18(25)11-14/h2-7,9,11-12H,8,10,13H2,1H3/t23-/m0/s1. The van der Waals surface area contributed by atoms with E-state index in [2.05, 4.69) is 0 Å². The van der Waals surface area contributed by atoms with E-state index in [9.17, 15) is 18.4 Å². The number of anilines is 1. The van der Waals surface area contributed by atoms with Gasteiger partial charge in [-0.05, 0) is 48.0 Å². The quantitative estimate of drug-likeness (QED) is 0.590. The Bertz CT molecular complexity index is 1220. The molecule has 1 spiro atoms. The molecule has 0 saturated carbocycles. The number of amides is 2. The summed E-state index contributed by atoms with van der Waals surface area (Å²) in [5, 5.41) is 0. The summed E-state index contributed by atoms with van der Waals surface area (Å²) in [6.07, 6.45) is 1.41. The van der Waals surface area contributed by atoms with E-state index in [4.69, 9.17) is 9.15 Å². The minimum Gasteiger partial charge on any atom is -0.497 e. The van der Waals surface area contributed by atoms with Gasteiger partial charge in [-0.1, -0.05) is 6.07 Å². The lowest BCUT2D eigenvalue weighted by Crippen LogP contribution is -2.50. The molecule has 6 nitrogen and oxygen atoms in total. The van der Waals surface area contributed by atoms with Crippen LogP contribution in [0.3, 0.4) is 0 Å². The van der Waals surface area contributed by atoms with Crippen molar-refractivity contribution in [3.8, 4) is 5.75 Å². The molecule has 2 aliphatic rings. The number of carbonyl (C=O) groups excluding carboxylic acids is 2. The summed E-state index contributed by atoms with van der Waals surface area (Å²) in [6.45, 7) is 0.381. The van der Waals surface area contributed by atoms with Gasteiger partial charge in [0.05, 0.1) is 25.6 Å². The van der Waals surface area contributed by atoms with Crippen LogP contribution in [0, 0.1) is 11.6 Å². The van der Waals surface area contributed by atoms with Gasteiger partial charge in [-0.3, -0.25) is 9.59 Å². The number of fused-ring (bicyclic) bond motifs is 2. The summed E-state index contributed by atoms with van der Waals surface area (Å²) in [5.74, 6) is -1.42. The number of carbonyl (C=O) groups is 2. The monoisotopic (exact) mass is 456 g/mol. The lowest BCUT2D eigenvalue weighted by atomic mass is 10.0. The number of halogens is 2. The van der Waals surface area contributed by atoms with Crippen molar-refractivity contribution in [2.24, 2.45) is 0 Å². The minimum absolute atomic E-state index is 0.0282. The Labute approximate surface area is 186 Å². The van der Waals surface area contributed by atoms with Crippen molar-refractivity contribution in [1.29, 1.82) is 0 Å². The number of nitrogens with zero attached hydrogens (tertiary/aromatic N) is 2. The van der Waals surface area contributed by atoms with E-state index in [1.807, 2.05) is 0 Å². The van der Waals surface area contributed by atoms with Gasteiger partial charge in [0.25, 0.3) is 11.8 Å². The number of furan rings is 1. The Balaban J connectivity index is 1.61. The van der Waals surface area contributed by atoms with E-state index in [1.54, 1.807) is 30.3 Å². The summed E-state index contributed by atoms with van der Waals surface area (Å²) < 4.78 is 37.9. The molecule has 164 valence electrons.